The lowest BCUT2D eigenvalue weighted by molar-refractivity contribution is -0.125. The minimum absolute atomic E-state index is 0.124. The van der Waals surface area contributed by atoms with Gasteiger partial charge in [0.25, 0.3) is 0 Å². The molecule has 1 aliphatic rings. The molecule has 1 fully saturated rings. The van der Waals surface area contributed by atoms with Crippen molar-refractivity contribution in [3.8, 4) is 0 Å². The van der Waals surface area contributed by atoms with Crippen LogP contribution in [0, 0.1) is 5.92 Å². The number of hydrogen-bond acceptors (Lipinski definition) is 3. The van der Waals surface area contributed by atoms with Crippen LogP contribution in [-0.2, 0) is 16.0 Å². The van der Waals surface area contributed by atoms with E-state index in [1.165, 1.54) is 0 Å². The molecule has 2 rings (SSSR count). The Morgan fingerprint density at radius 1 is 1.43 bits per heavy atom. The molecule has 114 valence electrons. The summed E-state index contributed by atoms with van der Waals surface area (Å²) < 4.78 is 0. The molecule has 1 amide bonds. The Hall–Kier alpha value is -1.10. The number of carbonyl (C=O) groups excluding carboxylic acids is 2. The second-order valence-corrected chi connectivity index (χ2v) is 6.35. The fourth-order valence-corrected chi connectivity index (χ4v) is 3.16. The predicted molar refractivity (Wildman–Crippen MR) is 83.7 cm³/mol. The van der Waals surface area contributed by atoms with Crippen molar-refractivity contribution in [1.29, 1.82) is 0 Å². The maximum atomic E-state index is 11.9. The lowest BCUT2D eigenvalue weighted by atomic mass is 9.96. The lowest BCUT2D eigenvalue weighted by Crippen LogP contribution is -2.44. The van der Waals surface area contributed by atoms with Gasteiger partial charge in [-0.05, 0) is 56.0 Å². The molecule has 0 bridgehead atoms. The van der Waals surface area contributed by atoms with Crippen molar-refractivity contribution >= 4 is 35.4 Å². The number of nitrogens with one attached hydrogen (secondary N) is 2. The van der Waals surface area contributed by atoms with Crippen LogP contribution < -0.4 is 10.6 Å². The molecule has 1 aliphatic heterocycles. The highest BCUT2D eigenvalue weighted by molar-refractivity contribution is 6.34. The van der Waals surface area contributed by atoms with Gasteiger partial charge in [-0.2, -0.15) is 0 Å². The third-order valence-electron chi connectivity index (χ3n) is 3.56. The molecule has 1 saturated heterocycles. The van der Waals surface area contributed by atoms with Crippen molar-refractivity contribution in [2.75, 3.05) is 6.54 Å². The molecule has 4 nitrogen and oxygen atoms in total. The minimum atomic E-state index is -0.454. The van der Waals surface area contributed by atoms with Crippen LogP contribution in [0.1, 0.15) is 18.9 Å². The van der Waals surface area contributed by atoms with Crippen LogP contribution in [0.15, 0.2) is 18.2 Å². The third-order valence-corrected chi connectivity index (χ3v) is 4.00. The summed E-state index contributed by atoms with van der Waals surface area (Å²) in [7, 11) is 0. The number of carbonyl (C=O) groups is 2. The fourth-order valence-electron chi connectivity index (χ4n) is 2.59. The smallest absolute Gasteiger partial charge is 0.237 e. The van der Waals surface area contributed by atoms with E-state index in [-0.39, 0.29) is 11.9 Å². The molecule has 1 aromatic carbocycles. The van der Waals surface area contributed by atoms with Gasteiger partial charge in [-0.3, -0.25) is 4.79 Å². The van der Waals surface area contributed by atoms with Gasteiger partial charge in [0.1, 0.15) is 6.29 Å². The second-order valence-electron chi connectivity index (χ2n) is 5.48. The number of rotatable bonds is 5. The largest absolute Gasteiger partial charge is 0.346 e. The van der Waals surface area contributed by atoms with Gasteiger partial charge in [0.05, 0.1) is 12.1 Å². The molecule has 0 aliphatic carbocycles. The number of halogens is 2. The van der Waals surface area contributed by atoms with Crippen LogP contribution in [0.2, 0.25) is 10.0 Å². The maximum absolute atomic E-state index is 11.9. The first-order valence-electron chi connectivity index (χ1n) is 6.92. The van der Waals surface area contributed by atoms with Crippen LogP contribution in [-0.4, -0.2) is 30.8 Å². The van der Waals surface area contributed by atoms with Gasteiger partial charge in [-0.25, -0.2) is 0 Å². The zero-order chi connectivity index (χ0) is 15.4. The van der Waals surface area contributed by atoms with Crippen LogP contribution in [0.5, 0.6) is 0 Å². The molecule has 2 N–H and O–H groups in total. The third kappa shape index (κ3) is 4.70. The van der Waals surface area contributed by atoms with E-state index in [1.807, 2.05) is 12.1 Å². The summed E-state index contributed by atoms with van der Waals surface area (Å²) in [5.74, 6) is 0.225. The Balaban J connectivity index is 1.90. The lowest BCUT2D eigenvalue weighted by Gasteiger charge is -2.13. The summed E-state index contributed by atoms with van der Waals surface area (Å²) >= 11 is 12.0. The van der Waals surface area contributed by atoms with Gasteiger partial charge >= 0.3 is 0 Å². The van der Waals surface area contributed by atoms with E-state index in [9.17, 15) is 9.59 Å². The number of hydrogen-bond donors (Lipinski definition) is 2. The predicted octanol–water partition coefficient (Wildman–Crippen LogP) is 2.22. The van der Waals surface area contributed by atoms with Crippen molar-refractivity contribution in [3.63, 3.8) is 0 Å². The first-order valence-corrected chi connectivity index (χ1v) is 7.67. The molecule has 1 aromatic rings. The summed E-state index contributed by atoms with van der Waals surface area (Å²) in [6.45, 7) is 2.42. The molecule has 1 heterocycles. The van der Waals surface area contributed by atoms with Crippen LogP contribution in [0.25, 0.3) is 0 Å². The van der Waals surface area contributed by atoms with Gasteiger partial charge in [-0.15, -0.1) is 0 Å². The van der Waals surface area contributed by atoms with Crippen LogP contribution in [0.4, 0.5) is 0 Å². The molecule has 3 atom stereocenters. The summed E-state index contributed by atoms with van der Waals surface area (Å²) in [5.41, 5.74) is 1.07. The monoisotopic (exact) mass is 328 g/mol. The normalized spacial score (nSPS) is 22.8. The van der Waals surface area contributed by atoms with Crippen molar-refractivity contribution in [3.05, 3.63) is 33.8 Å². The molecule has 0 spiro atoms. The minimum Gasteiger partial charge on any atom is -0.346 e. The van der Waals surface area contributed by atoms with Gasteiger partial charge in [0.15, 0.2) is 0 Å². The van der Waals surface area contributed by atoms with E-state index in [4.69, 9.17) is 23.2 Å². The fraction of sp³-hybridized carbons (Fsp3) is 0.467. The highest BCUT2D eigenvalue weighted by Gasteiger charge is 2.29. The second kappa shape index (κ2) is 7.25. The van der Waals surface area contributed by atoms with Crippen LogP contribution >= 0.6 is 23.2 Å². The van der Waals surface area contributed by atoms with E-state index in [0.29, 0.717) is 16.0 Å². The molecule has 0 radical (unpaired) electrons. The Bertz CT molecular complexity index is 516. The average molecular weight is 329 g/mol. The molecular weight excluding hydrogens is 311 g/mol. The van der Waals surface area contributed by atoms with E-state index in [2.05, 4.69) is 10.6 Å². The van der Waals surface area contributed by atoms with Gasteiger partial charge in [0.2, 0.25) is 5.91 Å². The van der Waals surface area contributed by atoms with Gasteiger partial charge < -0.3 is 15.4 Å². The summed E-state index contributed by atoms with van der Waals surface area (Å²) in [6, 6.07) is 4.80. The van der Waals surface area contributed by atoms with E-state index in [0.717, 1.165) is 31.2 Å². The zero-order valence-corrected chi connectivity index (χ0v) is 13.2. The van der Waals surface area contributed by atoms with E-state index in [1.54, 1.807) is 13.0 Å². The topological polar surface area (TPSA) is 58.2 Å². The molecular formula is C15H18Cl2N2O2. The Labute approximate surface area is 134 Å². The van der Waals surface area contributed by atoms with Crippen molar-refractivity contribution in [2.24, 2.45) is 5.92 Å². The van der Waals surface area contributed by atoms with Gasteiger partial charge in [-0.1, -0.05) is 23.2 Å². The van der Waals surface area contributed by atoms with Crippen molar-refractivity contribution in [2.45, 2.75) is 31.8 Å². The Kier molecular flexibility index (Phi) is 5.62. The quantitative estimate of drug-likeness (QED) is 0.815. The highest BCUT2D eigenvalue weighted by Crippen LogP contribution is 2.24. The summed E-state index contributed by atoms with van der Waals surface area (Å²) in [4.78, 5) is 22.5. The van der Waals surface area contributed by atoms with E-state index < -0.39 is 6.04 Å². The van der Waals surface area contributed by atoms with Crippen molar-refractivity contribution < 1.29 is 9.59 Å². The SMILES string of the molecule is C[C@@H](C=O)NC(=O)[C@H]1C[C@H](Cc2cc(Cl)cc(Cl)c2)CN1. The van der Waals surface area contributed by atoms with Crippen molar-refractivity contribution in [1.82, 2.24) is 10.6 Å². The van der Waals surface area contributed by atoms with Gasteiger partial charge in [0, 0.05) is 10.0 Å². The zero-order valence-electron chi connectivity index (χ0n) is 11.7. The molecule has 0 aromatic heterocycles. The Morgan fingerprint density at radius 2 is 2.10 bits per heavy atom. The first-order chi connectivity index (χ1) is 9.97. The first kappa shape index (κ1) is 16.3. The van der Waals surface area contributed by atoms with Crippen LogP contribution in [0.3, 0.4) is 0 Å². The standard InChI is InChI=1S/C15H18Cl2N2O2/c1-9(8-20)19-15(21)14-5-11(7-18-14)2-10-3-12(16)6-13(17)4-10/h3-4,6,8-9,11,14,18H,2,5,7H2,1H3,(H,19,21)/t9-,11-,14+/m0/s1. The average Bonchev–Trinajstić information content (AvgIpc) is 2.85. The molecule has 0 unspecified atom stereocenters. The van der Waals surface area contributed by atoms with E-state index >= 15 is 0 Å². The number of amides is 1. The highest BCUT2D eigenvalue weighted by atomic mass is 35.5. The molecule has 21 heavy (non-hydrogen) atoms. The number of benzene rings is 1. The summed E-state index contributed by atoms with van der Waals surface area (Å²) in [5, 5.41) is 7.10. The summed E-state index contributed by atoms with van der Waals surface area (Å²) in [6.07, 6.45) is 2.28. The maximum Gasteiger partial charge on any atom is 0.237 e. The Morgan fingerprint density at radius 3 is 2.71 bits per heavy atom. The number of aldehydes is 1. The molecule has 6 heteroatoms. The molecule has 0 saturated carbocycles.